The lowest BCUT2D eigenvalue weighted by atomic mass is 9.99. The van der Waals surface area contributed by atoms with Gasteiger partial charge in [0.15, 0.2) is 0 Å². The minimum Gasteiger partial charge on any atom is -0.252 e. The first-order valence-electron chi connectivity index (χ1n) is 8.44. The quantitative estimate of drug-likeness (QED) is 0.617. The van der Waals surface area contributed by atoms with Crippen LogP contribution in [0.1, 0.15) is 49.7 Å². The van der Waals surface area contributed by atoms with E-state index in [1.807, 2.05) is 32.2 Å². The minimum atomic E-state index is 0.882. The summed E-state index contributed by atoms with van der Waals surface area (Å²) >= 11 is 0. The molecule has 0 N–H and O–H groups in total. The van der Waals surface area contributed by atoms with Crippen molar-refractivity contribution in [3.05, 3.63) is 71.7 Å². The van der Waals surface area contributed by atoms with Crippen LogP contribution in [-0.4, -0.2) is 9.97 Å². The van der Waals surface area contributed by atoms with Crippen LogP contribution in [0.15, 0.2) is 49.2 Å². The van der Waals surface area contributed by atoms with Gasteiger partial charge in [-0.05, 0) is 57.4 Å². The van der Waals surface area contributed by atoms with Crippen LogP contribution in [0.5, 0.6) is 0 Å². The zero-order chi connectivity index (χ0) is 17.7. The van der Waals surface area contributed by atoms with Gasteiger partial charge in [-0.3, -0.25) is 4.98 Å². The van der Waals surface area contributed by atoms with Crippen LogP contribution in [0, 0.1) is 13.8 Å². The number of rotatable bonds is 5. The van der Waals surface area contributed by atoms with E-state index in [9.17, 15) is 0 Å². The molecule has 2 aromatic rings. The third-order valence-electron chi connectivity index (χ3n) is 4.13. The van der Waals surface area contributed by atoms with Gasteiger partial charge in [-0.1, -0.05) is 48.9 Å². The highest BCUT2D eigenvalue weighted by molar-refractivity contribution is 5.82. The molecule has 0 fully saturated rings. The number of allylic oxidation sites excluding steroid dienone is 5. The van der Waals surface area contributed by atoms with Crippen molar-refractivity contribution in [2.24, 2.45) is 0 Å². The first-order chi connectivity index (χ1) is 11.5. The number of hydrogen-bond donors (Lipinski definition) is 0. The Bertz CT molecular complexity index is 790. The number of nitrogens with zero attached hydrogens (tertiary/aromatic N) is 2. The number of benzene rings is 1. The maximum absolute atomic E-state index is 4.96. The summed E-state index contributed by atoms with van der Waals surface area (Å²) in [6.07, 6.45) is 8.78. The van der Waals surface area contributed by atoms with Crippen LogP contribution in [0.2, 0.25) is 0 Å². The Labute approximate surface area is 145 Å². The average Bonchev–Trinajstić information content (AvgIpc) is 2.57. The Balaban J connectivity index is 2.76. The van der Waals surface area contributed by atoms with Crippen molar-refractivity contribution in [3.63, 3.8) is 0 Å². The van der Waals surface area contributed by atoms with Gasteiger partial charge in [-0.2, -0.15) is 0 Å². The zero-order valence-corrected chi connectivity index (χ0v) is 15.4. The van der Waals surface area contributed by atoms with Crippen LogP contribution in [0.3, 0.4) is 0 Å². The summed E-state index contributed by atoms with van der Waals surface area (Å²) in [6.45, 7) is 14.3. The Hall–Kier alpha value is -2.48. The number of aryl methyl sites for hydroxylation is 2. The average molecular weight is 318 g/mol. The number of aromatic nitrogens is 2. The van der Waals surface area contributed by atoms with E-state index in [1.54, 1.807) is 0 Å². The summed E-state index contributed by atoms with van der Waals surface area (Å²) in [5, 5.41) is 0. The molecule has 1 aromatic heterocycles. The zero-order valence-electron chi connectivity index (χ0n) is 15.4. The third-order valence-corrected chi connectivity index (χ3v) is 4.13. The molecule has 1 aromatic carbocycles. The molecule has 0 atom stereocenters. The molecule has 124 valence electrons. The predicted molar refractivity (Wildman–Crippen MR) is 105 cm³/mol. The second kappa shape index (κ2) is 7.87. The van der Waals surface area contributed by atoms with Gasteiger partial charge < -0.3 is 0 Å². The Morgan fingerprint density at radius 3 is 2.25 bits per heavy atom. The van der Waals surface area contributed by atoms with E-state index in [0.717, 1.165) is 34.6 Å². The van der Waals surface area contributed by atoms with Crippen molar-refractivity contribution < 1.29 is 0 Å². The fraction of sp³-hybridized carbons (Fsp3) is 0.273. The van der Waals surface area contributed by atoms with Gasteiger partial charge in [-0.25, -0.2) is 4.98 Å². The topological polar surface area (TPSA) is 25.8 Å². The fourth-order valence-electron chi connectivity index (χ4n) is 2.95. The SMILES string of the molecule is C=C/C(=C\C)c1ncc(/C(=C\C)CC)nc1-c1cc(C)cc(C)c1. The molecule has 0 radical (unpaired) electrons. The molecule has 0 spiro atoms. The van der Waals surface area contributed by atoms with Crippen LogP contribution in [-0.2, 0) is 0 Å². The van der Waals surface area contributed by atoms with E-state index in [4.69, 9.17) is 9.97 Å². The van der Waals surface area contributed by atoms with Gasteiger partial charge in [0.2, 0.25) is 0 Å². The standard InChI is InChI=1S/C22H26N2/c1-7-17(8-2)20-14-23-21(18(9-3)10-4)22(24-20)19-12-15(5)11-16(6)13-19/h7,9-14H,3,8H2,1-2,4-6H3/b17-7-,18-10+. The van der Waals surface area contributed by atoms with Crippen molar-refractivity contribution in [2.45, 2.75) is 41.0 Å². The van der Waals surface area contributed by atoms with Crippen molar-refractivity contribution in [1.82, 2.24) is 9.97 Å². The smallest absolute Gasteiger partial charge is 0.0972 e. The summed E-state index contributed by atoms with van der Waals surface area (Å²) in [6, 6.07) is 6.51. The molecule has 0 bridgehead atoms. The first kappa shape index (κ1) is 17.9. The van der Waals surface area contributed by atoms with Crippen LogP contribution in [0.4, 0.5) is 0 Å². The van der Waals surface area contributed by atoms with Gasteiger partial charge in [0.1, 0.15) is 0 Å². The highest BCUT2D eigenvalue weighted by atomic mass is 14.8. The van der Waals surface area contributed by atoms with E-state index in [2.05, 4.69) is 51.6 Å². The summed E-state index contributed by atoms with van der Waals surface area (Å²) in [5.41, 5.74) is 8.51. The van der Waals surface area contributed by atoms with Crippen LogP contribution in [0.25, 0.3) is 22.4 Å². The van der Waals surface area contributed by atoms with Crippen molar-refractivity contribution >= 4 is 11.1 Å². The fourth-order valence-corrected chi connectivity index (χ4v) is 2.95. The van der Waals surface area contributed by atoms with Gasteiger partial charge in [-0.15, -0.1) is 0 Å². The molecule has 0 saturated heterocycles. The Morgan fingerprint density at radius 2 is 1.75 bits per heavy atom. The molecule has 24 heavy (non-hydrogen) atoms. The van der Waals surface area contributed by atoms with Gasteiger partial charge >= 0.3 is 0 Å². The maximum Gasteiger partial charge on any atom is 0.0972 e. The molecule has 0 aliphatic carbocycles. The molecule has 2 nitrogen and oxygen atoms in total. The molecule has 2 heteroatoms. The lowest BCUT2D eigenvalue weighted by molar-refractivity contribution is 1.11. The third kappa shape index (κ3) is 3.70. The van der Waals surface area contributed by atoms with Crippen molar-refractivity contribution in [2.75, 3.05) is 0 Å². The van der Waals surface area contributed by atoms with E-state index >= 15 is 0 Å². The van der Waals surface area contributed by atoms with E-state index in [1.165, 1.54) is 16.7 Å². The van der Waals surface area contributed by atoms with Crippen molar-refractivity contribution in [1.29, 1.82) is 0 Å². The van der Waals surface area contributed by atoms with Gasteiger partial charge in [0, 0.05) is 5.56 Å². The van der Waals surface area contributed by atoms with Crippen LogP contribution < -0.4 is 0 Å². The van der Waals surface area contributed by atoms with E-state index in [0.29, 0.717) is 0 Å². The summed E-state index contributed by atoms with van der Waals surface area (Å²) < 4.78 is 0. The number of hydrogen-bond acceptors (Lipinski definition) is 2. The monoisotopic (exact) mass is 318 g/mol. The van der Waals surface area contributed by atoms with E-state index < -0.39 is 0 Å². The summed E-state index contributed by atoms with van der Waals surface area (Å²) in [5.74, 6) is 0. The highest BCUT2D eigenvalue weighted by Gasteiger charge is 2.14. The second-order valence-electron chi connectivity index (χ2n) is 5.94. The van der Waals surface area contributed by atoms with Crippen LogP contribution >= 0.6 is 0 Å². The minimum absolute atomic E-state index is 0.882. The molecular weight excluding hydrogens is 292 g/mol. The van der Waals surface area contributed by atoms with Gasteiger partial charge in [0.05, 0.1) is 23.3 Å². The lowest BCUT2D eigenvalue weighted by Crippen LogP contribution is -2.01. The maximum atomic E-state index is 4.96. The molecule has 0 amide bonds. The van der Waals surface area contributed by atoms with Gasteiger partial charge in [0.25, 0.3) is 0 Å². The molecule has 0 saturated carbocycles. The Morgan fingerprint density at radius 1 is 1.08 bits per heavy atom. The van der Waals surface area contributed by atoms with Crippen molar-refractivity contribution in [3.8, 4) is 11.3 Å². The second-order valence-corrected chi connectivity index (χ2v) is 5.94. The molecule has 2 rings (SSSR count). The Kier molecular flexibility index (Phi) is 5.86. The molecule has 0 aliphatic rings. The normalized spacial score (nSPS) is 12.4. The summed E-state index contributed by atoms with van der Waals surface area (Å²) in [7, 11) is 0. The molecule has 0 unspecified atom stereocenters. The predicted octanol–water partition coefficient (Wildman–Crippen LogP) is 6.16. The molecule has 0 aliphatic heterocycles. The lowest BCUT2D eigenvalue weighted by Gasteiger charge is -2.13. The highest BCUT2D eigenvalue weighted by Crippen LogP contribution is 2.29. The van der Waals surface area contributed by atoms with E-state index in [-0.39, 0.29) is 0 Å². The first-order valence-corrected chi connectivity index (χ1v) is 8.44. The molecular formula is C22H26N2. The summed E-state index contributed by atoms with van der Waals surface area (Å²) in [4.78, 5) is 9.69. The molecule has 1 heterocycles. The largest absolute Gasteiger partial charge is 0.252 e.